The molecule has 2 aromatic rings. The number of ether oxygens (including phenoxy) is 1. The molecule has 0 spiro atoms. The van der Waals surface area contributed by atoms with Gasteiger partial charge in [-0.1, -0.05) is 12.1 Å². The van der Waals surface area contributed by atoms with Gasteiger partial charge in [-0.2, -0.15) is 0 Å². The predicted molar refractivity (Wildman–Crippen MR) is 94.3 cm³/mol. The highest BCUT2D eigenvalue weighted by Crippen LogP contribution is 2.12. The van der Waals surface area contributed by atoms with Crippen LogP contribution in [0.4, 0.5) is 4.39 Å². The molecule has 0 fully saturated rings. The molecule has 3 N–H and O–H groups in total. The lowest BCUT2D eigenvalue weighted by Gasteiger charge is -2.09. The molecule has 0 aromatic heterocycles. The van der Waals surface area contributed by atoms with E-state index in [2.05, 4.69) is 10.6 Å². The highest BCUT2D eigenvalue weighted by Gasteiger charge is 2.07. The van der Waals surface area contributed by atoms with Crippen LogP contribution in [-0.2, 0) is 11.3 Å². The summed E-state index contributed by atoms with van der Waals surface area (Å²) in [5.41, 5.74) is 1.65. The third-order valence-corrected chi connectivity index (χ3v) is 3.61. The van der Waals surface area contributed by atoms with Crippen molar-refractivity contribution < 1.29 is 23.8 Å². The Morgan fingerprint density at radius 3 is 2.50 bits per heavy atom. The zero-order valence-electron chi connectivity index (χ0n) is 14.4. The van der Waals surface area contributed by atoms with Gasteiger partial charge in [0.25, 0.3) is 11.8 Å². The molecule has 0 radical (unpaired) electrons. The normalized spacial score (nSPS) is 10.3. The molecule has 138 valence electrons. The van der Waals surface area contributed by atoms with E-state index in [-0.39, 0.29) is 43.9 Å². The maximum absolute atomic E-state index is 13.5. The van der Waals surface area contributed by atoms with Crippen LogP contribution in [0.3, 0.4) is 0 Å². The highest BCUT2D eigenvalue weighted by molar-refractivity contribution is 5.94. The maximum Gasteiger partial charge on any atom is 0.258 e. The molecular formula is C19H21FN2O4. The van der Waals surface area contributed by atoms with Crippen LogP contribution in [0.1, 0.15) is 21.5 Å². The van der Waals surface area contributed by atoms with Crippen LogP contribution in [0, 0.1) is 12.7 Å². The molecule has 0 unspecified atom stereocenters. The highest BCUT2D eigenvalue weighted by atomic mass is 19.1. The Bertz CT molecular complexity index is 763. The third-order valence-electron chi connectivity index (χ3n) is 3.61. The van der Waals surface area contributed by atoms with Crippen LogP contribution in [0.2, 0.25) is 0 Å². The van der Waals surface area contributed by atoms with Crippen LogP contribution >= 0.6 is 0 Å². The number of carbonyl (C=O) groups excluding carboxylic acids is 2. The van der Waals surface area contributed by atoms with Crippen molar-refractivity contribution in [3.05, 3.63) is 65.0 Å². The zero-order chi connectivity index (χ0) is 18.9. The molecule has 26 heavy (non-hydrogen) atoms. The van der Waals surface area contributed by atoms with Gasteiger partial charge in [0, 0.05) is 18.7 Å². The number of hydrogen-bond acceptors (Lipinski definition) is 4. The minimum Gasteiger partial charge on any atom is -0.484 e. The minimum absolute atomic E-state index is 0.128. The van der Waals surface area contributed by atoms with Crippen molar-refractivity contribution in [1.82, 2.24) is 10.6 Å². The fourth-order valence-electron chi connectivity index (χ4n) is 2.12. The number of aryl methyl sites for hydroxylation is 1. The summed E-state index contributed by atoms with van der Waals surface area (Å²) in [6.45, 7) is 1.75. The largest absolute Gasteiger partial charge is 0.484 e. The van der Waals surface area contributed by atoms with Crippen molar-refractivity contribution in [2.24, 2.45) is 0 Å². The predicted octanol–water partition coefficient (Wildman–Crippen LogP) is 1.55. The second-order valence-corrected chi connectivity index (χ2v) is 5.65. The van der Waals surface area contributed by atoms with E-state index in [1.165, 1.54) is 6.07 Å². The lowest BCUT2D eigenvalue weighted by atomic mass is 10.1. The lowest BCUT2D eigenvalue weighted by molar-refractivity contribution is -0.123. The number of hydrogen-bond donors (Lipinski definition) is 3. The van der Waals surface area contributed by atoms with E-state index in [0.29, 0.717) is 22.4 Å². The van der Waals surface area contributed by atoms with Gasteiger partial charge in [-0.05, 0) is 48.4 Å². The molecule has 0 atom stereocenters. The molecule has 0 aliphatic carbocycles. The van der Waals surface area contributed by atoms with Crippen molar-refractivity contribution in [2.45, 2.75) is 13.5 Å². The summed E-state index contributed by atoms with van der Waals surface area (Å²) < 4.78 is 18.8. The molecule has 0 aliphatic heterocycles. The first-order valence-corrected chi connectivity index (χ1v) is 8.13. The Morgan fingerprint density at radius 1 is 1.12 bits per heavy atom. The van der Waals surface area contributed by atoms with Crippen LogP contribution in [0.25, 0.3) is 0 Å². The van der Waals surface area contributed by atoms with Gasteiger partial charge in [0.2, 0.25) is 0 Å². The smallest absolute Gasteiger partial charge is 0.258 e. The number of aliphatic hydroxyl groups is 1. The molecule has 7 heteroatoms. The van der Waals surface area contributed by atoms with Crippen LogP contribution < -0.4 is 15.4 Å². The number of benzene rings is 2. The fraction of sp³-hybridized carbons (Fsp3) is 0.263. The number of aliphatic hydroxyl groups excluding tert-OH is 1. The van der Waals surface area contributed by atoms with Gasteiger partial charge in [0.1, 0.15) is 11.6 Å². The average molecular weight is 360 g/mol. The van der Waals surface area contributed by atoms with Crippen LogP contribution in [-0.4, -0.2) is 36.7 Å². The number of nitrogens with one attached hydrogen (secondary N) is 2. The van der Waals surface area contributed by atoms with E-state index in [0.717, 1.165) is 0 Å². The van der Waals surface area contributed by atoms with Crippen molar-refractivity contribution in [3.63, 3.8) is 0 Å². The number of rotatable bonds is 8. The first kappa shape index (κ1) is 19.4. The number of carbonyl (C=O) groups is 2. The van der Waals surface area contributed by atoms with E-state index in [4.69, 9.17) is 9.84 Å². The van der Waals surface area contributed by atoms with E-state index in [1.807, 2.05) is 0 Å². The molecule has 0 heterocycles. The fourth-order valence-corrected chi connectivity index (χ4v) is 2.12. The van der Waals surface area contributed by atoms with E-state index in [9.17, 15) is 14.0 Å². The van der Waals surface area contributed by atoms with Gasteiger partial charge in [-0.3, -0.25) is 9.59 Å². The maximum atomic E-state index is 13.5. The zero-order valence-corrected chi connectivity index (χ0v) is 14.4. The number of halogens is 1. The van der Waals surface area contributed by atoms with E-state index < -0.39 is 0 Å². The van der Waals surface area contributed by atoms with Crippen molar-refractivity contribution in [2.75, 3.05) is 19.8 Å². The second-order valence-electron chi connectivity index (χ2n) is 5.65. The molecule has 0 saturated carbocycles. The van der Waals surface area contributed by atoms with Gasteiger partial charge in [-0.15, -0.1) is 0 Å². The Balaban J connectivity index is 1.78. The molecular weight excluding hydrogens is 339 g/mol. The lowest BCUT2D eigenvalue weighted by Crippen LogP contribution is -2.28. The summed E-state index contributed by atoms with van der Waals surface area (Å²) in [5.74, 6) is -0.499. The Labute approximate surface area is 151 Å². The van der Waals surface area contributed by atoms with Gasteiger partial charge < -0.3 is 20.5 Å². The van der Waals surface area contributed by atoms with Gasteiger partial charge in [-0.25, -0.2) is 4.39 Å². The molecule has 2 aromatic carbocycles. The minimum atomic E-state index is -0.337. The van der Waals surface area contributed by atoms with Crippen molar-refractivity contribution >= 4 is 11.8 Å². The summed E-state index contributed by atoms with van der Waals surface area (Å²) in [7, 11) is 0. The Hall–Kier alpha value is -2.93. The van der Waals surface area contributed by atoms with Crippen LogP contribution in [0.5, 0.6) is 5.75 Å². The summed E-state index contributed by atoms with van der Waals surface area (Å²) in [4.78, 5) is 23.5. The van der Waals surface area contributed by atoms with Crippen LogP contribution in [0.15, 0.2) is 42.5 Å². The Morgan fingerprint density at radius 2 is 1.85 bits per heavy atom. The molecule has 0 saturated heterocycles. The molecule has 2 rings (SSSR count). The van der Waals surface area contributed by atoms with Gasteiger partial charge >= 0.3 is 0 Å². The van der Waals surface area contributed by atoms with E-state index in [1.54, 1.807) is 43.3 Å². The standard InChI is InChI=1S/C19H21FN2O4/c1-13-2-3-14(10-17(13)20)11-22-18(24)12-26-16-6-4-15(5-7-16)19(25)21-8-9-23/h2-7,10,23H,8-9,11-12H2,1H3,(H,21,25)(H,22,24). The summed E-state index contributed by atoms with van der Waals surface area (Å²) >= 11 is 0. The van der Waals surface area contributed by atoms with Crippen molar-refractivity contribution in [3.8, 4) is 5.75 Å². The van der Waals surface area contributed by atoms with E-state index >= 15 is 0 Å². The van der Waals surface area contributed by atoms with Gasteiger partial charge in [0.05, 0.1) is 6.61 Å². The average Bonchev–Trinajstić information content (AvgIpc) is 2.65. The van der Waals surface area contributed by atoms with Gasteiger partial charge in [0.15, 0.2) is 6.61 Å². The monoisotopic (exact) mass is 360 g/mol. The second kappa shape index (κ2) is 9.53. The summed E-state index contributed by atoms with van der Waals surface area (Å²) in [5, 5.41) is 13.9. The first-order valence-electron chi connectivity index (χ1n) is 8.13. The molecule has 2 amide bonds. The molecule has 0 aliphatic rings. The summed E-state index contributed by atoms with van der Waals surface area (Å²) in [6, 6.07) is 11.1. The SMILES string of the molecule is Cc1ccc(CNC(=O)COc2ccc(C(=O)NCCO)cc2)cc1F. The quantitative estimate of drug-likeness (QED) is 0.667. The first-order chi connectivity index (χ1) is 12.5. The number of amides is 2. The summed E-state index contributed by atoms with van der Waals surface area (Å²) in [6.07, 6.45) is 0. The van der Waals surface area contributed by atoms with Crippen molar-refractivity contribution in [1.29, 1.82) is 0 Å². The molecule has 0 bridgehead atoms. The Kier molecular flexibility index (Phi) is 7.11. The topological polar surface area (TPSA) is 87.7 Å². The third kappa shape index (κ3) is 5.86. The molecule has 6 nitrogen and oxygen atoms in total.